The Hall–Kier alpha value is -0.0800. The Morgan fingerprint density at radius 2 is 1.27 bits per heavy atom. The first-order valence-corrected chi connectivity index (χ1v) is 4.67. The summed E-state index contributed by atoms with van der Waals surface area (Å²) in [5.41, 5.74) is 0. The molecule has 2 heteroatoms. The van der Waals surface area contributed by atoms with Gasteiger partial charge in [-0.05, 0) is 26.7 Å². The molecule has 0 spiro atoms. The topological polar surface area (TPSA) is 24.1 Å². The highest BCUT2D eigenvalue weighted by Crippen LogP contribution is 1.88. The molecule has 2 atom stereocenters. The van der Waals surface area contributed by atoms with Gasteiger partial charge >= 0.3 is 0 Å². The smallest absolute Gasteiger partial charge is 0.0458 e. The van der Waals surface area contributed by atoms with Crippen LogP contribution in [0.25, 0.3) is 0 Å². The molecule has 0 aliphatic heterocycles. The van der Waals surface area contributed by atoms with Crippen molar-refractivity contribution in [2.75, 3.05) is 6.67 Å². The van der Waals surface area contributed by atoms with Crippen molar-refractivity contribution in [2.45, 2.75) is 52.6 Å². The van der Waals surface area contributed by atoms with Crippen LogP contribution >= 0.6 is 0 Å². The van der Waals surface area contributed by atoms with Crippen LogP contribution in [0, 0.1) is 0 Å². The van der Waals surface area contributed by atoms with Crippen molar-refractivity contribution >= 4 is 0 Å². The van der Waals surface area contributed by atoms with Gasteiger partial charge in [-0.2, -0.15) is 0 Å². The maximum atomic E-state index is 3.39. The van der Waals surface area contributed by atoms with Gasteiger partial charge in [-0.1, -0.05) is 13.8 Å². The van der Waals surface area contributed by atoms with E-state index in [4.69, 9.17) is 0 Å². The van der Waals surface area contributed by atoms with Crippen LogP contribution in [0.15, 0.2) is 0 Å². The van der Waals surface area contributed by atoms with Crippen LogP contribution in [-0.4, -0.2) is 18.8 Å². The van der Waals surface area contributed by atoms with Crippen molar-refractivity contribution in [3.8, 4) is 0 Å². The molecule has 0 radical (unpaired) electrons. The van der Waals surface area contributed by atoms with Crippen molar-refractivity contribution in [1.29, 1.82) is 0 Å². The number of rotatable bonds is 6. The zero-order valence-electron chi connectivity index (χ0n) is 8.28. The lowest BCUT2D eigenvalue weighted by Gasteiger charge is -2.15. The Bertz CT molecular complexity index is 73.6. The molecule has 0 aromatic carbocycles. The minimum atomic E-state index is 0.631. The Labute approximate surface area is 70.8 Å². The number of hydrogen-bond donors (Lipinski definition) is 2. The highest BCUT2D eigenvalue weighted by atomic mass is 15.1. The molecule has 0 rings (SSSR count). The predicted molar refractivity (Wildman–Crippen MR) is 50.6 cm³/mol. The lowest BCUT2D eigenvalue weighted by molar-refractivity contribution is 0.447. The predicted octanol–water partition coefficient (Wildman–Crippen LogP) is 1.72. The van der Waals surface area contributed by atoms with Gasteiger partial charge in [0.05, 0.1) is 0 Å². The SMILES string of the molecule is CCC(C)NCNC(C)CC. The van der Waals surface area contributed by atoms with E-state index in [0.29, 0.717) is 12.1 Å². The monoisotopic (exact) mass is 158 g/mol. The van der Waals surface area contributed by atoms with Crippen LogP contribution in [0.1, 0.15) is 40.5 Å². The van der Waals surface area contributed by atoms with Crippen LogP contribution in [0.5, 0.6) is 0 Å². The third kappa shape index (κ3) is 6.32. The van der Waals surface area contributed by atoms with Gasteiger partial charge in [-0.15, -0.1) is 0 Å². The molecule has 0 aromatic heterocycles. The fourth-order valence-corrected chi connectivity index (χ4v) is 0.696. The standard InChI is InChI=1S/C9H22N2/c1-5-8(3)10-7-11-9(4)6-2/h8-11H,5-7H2,1-4H3. The van der Waals surface area contributed by atoms with E-state index in [2.05, 4.69) is 38.3 Å². The number of nitrogens with one attached hydrogen (secondary N) is 2. The van der Waals surface area contributed by atoms with Gasteiger partial charge in [0.25, 0.3) is 0 Å². The normalized spacial score (nSPS) is 16.4. The lowest BCUT2D eigenvalue weighted by atomic mass is 10.2. The fraction of sp³-hybridized carbons (Fsp3) is 1.00. The minimum Gasteiger partial charge on any atom is -0.302 e. The van der Waals surface area contributed by atoms with E-state index in [-0.39, 0.29) is 0 Å². The molecular formula is C9H22N2. The molecule has 0 saturated carbocycles. The quantitative estimate of drug-likeness (QED) is 0.575. The summed E-state index contributed by atoms with van der Waals surface area (Å²) in [5, 5.41) is 6.77. The van der Waals surface area contributed by atoms with E-state index in [1.165, 1.54) is 12.8 Å². The fourth-order valence-electron chi connectivity index (χ4n) is 0.696. The van der Waals surface area contributed by atoms with Gasteiger partial charge in [0.15, 0.2) is 0 Å². The van der Waals surface area contributed by atoms with Gasteiger partial charge in [-0.3, -0.25) is 0 Å². The second-order valence-electron chi connectivity index (χ2n) is 3.20. The highest BCUT2D eigenvalue weighted by molar-refractivity contribution is 4.59. The molecule has 2 unspecified atom stereocenters. The molecule has 0 aromatic rings. The zero-order valence-corrected chi connectivity index (χ0v) is 8.28. The first-order chi connectivity index (χ1) is 5.20. The van der Waals surface area contributed by atoms with E-state index in [0.717, 1.165) is 6.67 Å². The van der Waals surface area contributed by atoms with Crippen molar-refractivity contribution in [3.05, 3.63) is 0 Å². The summed E-state index contributed by atoms with van der Waals surface area (Å²) in [6.07, 6.45) is 2.39. The maximum Gasteiger partial charge on any atom is 0.0458 e. The molecule has 0 aliphatic carbocycles. The van der Waals surface area contributed by atoms with Gasteiger partial charge in [-0.25, -0.2) is 0 Å². The first kappa shape index (κ1) is 10.9. The van der Waals surface area contributed by atoms with E-state index in [1.54, 1.807) is 0 Å². The molecule has 11 heavy (non-hydrogen) atoms. The third-order valence-corrected chi connectivity index (χ3v) is 2.13. The van der Waals surface area contributed by atoms with Crippen LogP contribution in [0.2, 0.25) is 0 Å². The second-order valence-corrected chi connectivity index (χ2v) is 3.20. The first-order valence-electron chi connectivity index (χ1n) is 4.67. The van der Waals surface area contributed by atoms with Crippen molar-refractivity contribution in [2.24, 2.45) is 0 Å². The van der Waals surface area contributed by atoms with E-state index >= 15 is 0 Å². The average Bonchev–Trinajstić information content (AvgIpc) is 2.04. The molecule has 2 N–H and O–H groups in total. The second kappa shape index (κ2) is 6.62. The molecular weight excluding hydrogens is 136 g/mol. The molecule has 0 amide bonds. The van der Waals surface area contributed by atoms with Crippen molar-refractivity contribution in [3.63, 3.8) is 0 Å². The molecule has 0 aliphatic rings. The molecule has 0 heterocycles. The van der Waals surface area contributed by atoms with Crippen molar-refractivity contribution < 1.29 is 0 Å². The highest BCUT2D eigenvalue weighted by Gasteiger charge is 1.98. The van der Waals surface area contributed by atoms with Crippen LogP contribution in [0.4, 0.5) is 0 Å². The van der Waals surface area contributed by atoms with Gasteiger partial charge in [0.2, 0.25) is 0 Å². The molecule has 0 bridgehead atoms. The Kier molecular flexibility index (Phi) is 6.57. The zero-order chi connectivity index (χ0) is 8.69. The van der Waals surface area contributed by atoms with Crippen LogP contribution in [0.3, 0.4) is 0 Å². The number of hydrogen-bond acceptors (Lipinski definition) is 2. The Balaban J connectivity index is 3.13. The van der Waals surface area contributed by atoms with E-state index in [9.17, 15) is 0 Å². The average molecular weight is 158 g/mol. The summed E-state index contributed by atoms with van der Waals surface area (Å²) in [4.78, 5) is 0. The molecule has 0 fully saturated rings. The molecule has 0 saturated heterocycles. The Morgan fingerprint density at radius 1 is 0.909 bits per heavy atom. The maximum absolute atomic E-state index is 3.39. The third-order valence-electron chi connectivity index (χ3n) is 2.13. The molecule has 2 nitrogen and oxygen atoms in total. The van der Waals surface area contributed by atoms with Gasteiger partial charge in [0.1, 0.15) is 0 Å². The lowest BCUT2D eigenvalue weighted by Crippen LogP contribution is -2.38. The minimum absolute atomic E-state index is 0.631. The summed E-state index contributed by atoms with van der Waals surface area (Å²) in [5.74, 6) is 0. The summed E-state index contributed by atoms with van der Waals surface area (Å²) < 4.78 is 0. The van der Waals surface area contributed by atoms with Crippen molar-refractivity contribution in [1.82, 2.24) is 10.6 Å². The largest absolute Gasteiger partial charge is 0.302 e. The molecule has 68 valence electrons. The summed E-state index contributed by atoms with van der Waals surface area (Å²) in [7, 11) is 0. The summed E-state index contributed by atoms with van der Waals surface area (Å²) in [6, 6.07) is 1.26. The van der Waals surface area contributed by atoms with E-state index < -0.39 is 0 Å². The van der Waals surface area contributed by atoms with Crippen LogP contribution < -0.4 is 10.6 Å². The summed E-state index contributed by atoms with van der Waals surface area (Å²) in [6.45, 7) is 9.74. The van der Waals surface area contributed by atoms with Gasteiger partial charge < -0.3 is 10.6 Å². The summed E-state index contributed by atoms with van der Waals surface area (Å²) >= 11 is 0. The van der Waals surface area contributed by atoms with Crippen LogP contribution in [-0.2, 0) is 0 Å². The van der Waals surface area contributed by atoms with E-state index in [1.807, 2.05) is 0 Å². The van der Waals surface area contributed by atoms with Gasteiger partial charge in [0, 0.05) is 18.8 Å². The Morgan fingerprint density at radius 3 is 1.55 bits per heavy atom.